The highest BCUT2D eigenvalue weighted by atomic mass is 16.5. The highest BCUT2D eigenvalue weighted by Gasteiger charge is 2.64. The van der Waals surface area contributed by atoms with Gasteiger partial charge in [0.05, 0.1) is 30.5 Å². The number of rotatable bonds is 9. The number of nitrogens with one attached hydrogen (secondary N) is 3. The molecule has 16 nitrogen and oxygen atoms in total. The molecular formula is C71H95N7O9. The fraction of sp³-hybridized carbons (Fsp3) is 0.535. The molecule has 0 radical (unpaired) electrons. The first kappa shape index (κ1) is 65.2. The number of fused-ring (bicyclic) bond motifs is 4. The van der Waals surface area contributed by atoms with Crippen LogP contribution < -0.4 is 33.2 Å². The van der Waals surface area contributed by atoms with Gasteiger partial charge in [-0.25, -0.2) is 0 Å². The minimum atomic E-state index is -1.39. The average Bonchev–Trinajstić information content (AvgIpc) is 1.69. The van der Waals surface area contributed by atoms with E-state index in [1.54, 1.807) is 24.3 Å². The zero-order valence-corrected chi connectivity index (χ0v) is 51.2. The highest BCUT2D eigenvalue weighted by molar-refractivity contribution is 5.98. The molecule has 3 heterocycles. The van der Waals surface area contributed by atoms with Crippen LogP contribution in [0.15, 0.2) is 130 Å². The maximum atomic E-state index is 15.3. The lowest BCUT2D eigenvalue weighted by Gasteiger charge is -2.56. The van der Waals surface area contributed by atoms with Gasteiger partial charge in [-0.15, -0.1) is 0 Å². The summed E-state index contributed by atoms with van der Waals surface area (Å²) in [5, 5.41) is 81.8. The number of allylic oxidation sites excluding steroid dienone is 5. The second-order valence-corrected chi connectivity index (χ2v) is 26.0. The van der Waals surface area contributed by atoms with Crippen molar-refractivity contribution in [1.82, 2.24) is 16.0 Å². The van der Waals surface area contributed by atoms with E-state index in [4.69, 9.17) is 21.9 Å². The molecule has 14 atom stereocenters. The first-order valence-corrected chi connectivity index (χ1v) is 31.7. The van der Waals surface area contributed by atoms with Crippen LogP contribution in [0.1, 0.15) is 149 Å². The number of aromatic hydroxyl groups is 1. The van der Waals surface area contributed by atoms with Gasteiger partial charge in [0, 0.05) is 55.8 Å². The van der Waals surface area contributed by atoms with Crippen molar-refractivity contribution in [2.24, 2.45) is 57.2 Å². The van der Waals surface area contributed by atoms with Crippen LogP contribution in [0.5, 0.6) is 5.75 Å². The van der Waals surface area contributed by atoms with E-state index in [0.29, 0.717) is 79.5 Å². The average molecular weight is 1190 g/mol. The van der Waals surface area contributed by atoms with Crippen LogP contribution in [0.4, 0.5) is 0 Å². The van der Waals surface area contributed by atoms with Crippen molar-refractivity contribution in [3.05, 3.63) is 159 Å². The standard InChI is InChI=1S/C71H95N7O9/c1-43-12-7-8-33-87-42-52(19-9-13-44(2)61(28-21-43)75-38-50-16-5-6-17-51(50)41-79)56-30-32-71(66(56)84)60-27-26-54(81)35-46-14-10-15-47(34-46)36-58(59(39-77-69(73)74)48-22-24-53(80)25-23-48)63(83)40-76-65-64-49(18-11-20-57(64)67(72)78-68(65)85)37-62(82)45(3)55(60)29-31-70(71,4)86/h9-11,13-15,18-25,34,50-51,54,56,58-61,63,65-67,75-76,79-81,83-84,86H,2,5-6,12,16-17,26-33,35-42,72H2,1,3-4H3,(H,78,85)(H4,73,74,77)/b13-9+,43-21+,52-19-,55-45?/t50-,51-,54+,56-,58-,59-,60-,61+,63-,65-,66-,67-,70-,71-/m1/s1. The molecule has 3 aromatic carbocycles. The van der Waals surface area contributed by atoms with Gasteiger partial charge in [-0.05, 0) is 184 Å². The molecule has 3 aliphatic heterocycles. The van der Waals surface area contributed by atoms with Crippen molar-refractivity contribution in [3.63, 3.8) is 0 Å². The Labute approximate surface area is 514 Å². The summed E-state index contributed by atoms with van der Waals surface area (Å²) in [7, 11) is 0. The number of Topliss-reactive ketones (excluding diaryl/α,β-unsaturated/α-hetero) is 1. The van der Waals surface area contributed by atoms with Gasteiger partial charge in [0.25, 0.3) is 0 Å². The van der Waals surface area contributed by atoms with Crippen molar-refractivity contribution in [1.29, 1.82) is 0 Å². The number of amides is 1. The molecule has 6 aliphatic rings. The number of aliphatic imine (C=N–C) groups is 1. The number of nitrogens with zero attached hydrogens (tertiary/aromatic N) is 1. The molecule has 0 unspecified atom stereocenters. The zero-order chi connectivity index (χ0) is 62.0. The Hall–Kier alpha value is -6.23. The molecule has 16 heteroatoms. The molecule has 3 saturated carbocycles. The van der Waals surface area contributed by atoms with Crippen molar-refractivity contribution in [2.75, 3.05) is 39.5 Å². The highest BCUT2D eigenvalue weighted by Crippen LogP contribution is 2.63. The molecule has 1 spiro atoms. The molecule has 3 aromatic rings. The monoisotopic (exact) mass is 1190 g/mol. The SMILES string of the molecule is C=C1/C=C/C=C(\[C@H]2CC[C@@]3([C@@H]4CC[C@H](O)Cc5cccc(c5)C[C@H]([C@H](CN=C(N)N)c5ccc(O)cc5)[C@H](O)CN[C@H]5C(=O)N[C@@H](N)c6cccc(c65)CC(=O)C(C)=C4CC[C@@]3(C)O)[C@@H]2O)COCC#CC/C(C)=C/C[C@@H]1NC[C@H]1CCCC[C@@H]1CO. The molecule has 3 aliphatic carbocycles. The number of aliphatic hydroxyl groups excluding tert-OH is 4. The van der Waals surface area contributed by atoms with E-state index in [9.17, 15) is 35.4 Å². The normalized spacial score (nSPS) is 33.5. The Morgan fingerprint density at radius 1 is 0.943 bits per heavy atom. The van der Waals surface area contributed by atoms with Gasteiger partial charge in [0.2, 0.25) is 5.91 Å². The number of nitrogens with two attached hydrogens (primary N) is 3. The molecule has 1 amide bonds. The lowest BCUT2D eigenvalue weighted by molar-refractivity contribution is -0.168. The number of aliphatic hydroxyl groups is 5. The summed E-state index contributed by atoms with van der Waals surface area (Å²) < 4.78 is 6.31. The topological polar surface area (TPSA) is 291 Å². The summed E-state index contributed by atoms with van der Waals surface area (Å²) in [5.41, 5.74) is 24.6. The van der Waals surface area contributed by atoms with Gasteiger partial charge in [-0.3, -0.25) is 19.9 Å². The van der Waals surface area contributed by atoms with Gasteiger partial charge < -0.3 is 63.2 Å². The van der Waals surface area contributed by atoms with E-state index >= 15 is 4.79 Å². The Bertz CT molecular complexity index is 3150. The Kier molecular flexibility index (Phi) is 22.0. The van der Waals surface area contributed by atoms with Gasteiger partial charge >= 0.3 is 0 Å². The first-order chi connectivity index (χ1) is 41.8. The molecule has 9 rings (SSSR count). The number of guanidine groups is 1. The van der Waals surface area contributed by atoms with Crippen molar-refractivity contribution < 1.29 is 45.0 Å². The summed E-state index contributed by atoms with van der Waals surface area (Å²) in [4.78, 5) is 34.0. The van der Waals surface area contributed by atoms with Crippen LogP contribution in [-0.4, -0.2) is 118 Å². The summed E-state index contributed by atoms with van der Waals surface area (Å²) in [5.74, 6) is 4.51. The number of hydrogen-bond donors (Lipinski definition) is 12. The zero-order valence-electron chi connectivity index (χ0n) is 51.2. The third-order valence-corrected chi connectivity index (χ3v) is 20.5. The van der Waals surface area contributed by atoms with Crippen LogP contribution in [0.2, 0.25) is 0 Å². The van der Waals surface area contributed by atoms with Crippen molar-refractivity contribution in [2.45, 2.75) is 165 Å². The summed E-state index contributed by atoms with van der Waals surface area (Å²) in [6.45, 7) is 11.7. The Morgan fingerprint density at radius 3 is 2.45 bits per heavy atom. The van der Waals surface area contributed by atoms with Crippen LogP contribution in [0.3, 0.4) is 0 Å². The molecule has 3 fully saturated rings. The fourth-order valence-corrected chi connectivity index (χ4v) is 15.5. The number of hydrogen-bond acceptors (Lipinski definition) is 13. The molecular weight excluding hydrogens is 1090 g/mol. The van der Waals surface area contributed by atoms with Crippen LogP contribution in [0.25, 0.3) is 0 Å². The lowest BCUT2D eigenvalue weighted by atomic mass is 9.52. The van der Waals surface area contributed by atoms with E-state index < -0.39 is 71.1 Å². The smallest absolute Gasteiger partial charge is 0.243 e. The van der Waals surface area contributed by atoms with Gasteiger partial charge in [-0.1, -0.05) is 121 Å². The number of β-amino-alcohol motifs (C(OH)–C–C–N with tert-alkyl or cyclic N) is 1. The summed E-state index contributed by atoms with van der Waals surface area (Å²) >= 11 is 0. The number of phenols is 1. The second-order valence-electron chi connectivity index (χ2n) is 26.0. The molecule has 15 N–H and O–H groups in total. The number of carbonyl (C=O) groups excluding carboxylic acids is 2. The molecule has 0 aromatic heterocycles. The van der Waals surface area contributed by atoms with Crippen LogP contribution >= 0.6 is 0 Å². The third kappa shape index (κ3) is 15.3. The van der Waals surface area contributed by atoms with Crippen LogP contribution in [0, 0.1) is 46.8 Å². The van der Waals surface area contributed by atoms with E-state index in [1.165, 1.54) is 0 Å². The van der Waals surface area contributed by atoms with E-state index in [0.717, 1.165) is 77.6 Å². The Balaban J connectivity index is 1.08. The number of ketones is 1. The minimum Gasteiger partial charge on any atom is -0.508 e. The minimum absolute atomic E-state index is 0.0506. The van der Waals surface area contributed by atoms with Gasteiger partial charge in [0.15, 0.2) is 11.7 Å². The summed E-state index contributed by atoms with van der Waals surface area (Å²) in [6, 6.07) is 19.1. The first-order valence-electron chi connectivity index (χ1n) is 31.7. The van der Waals surface area contributed by atoms with Crippen molar-refractivity contribution in [3.8, 4) is 17.6 Å². The number of carbonyl (C=O) groups is 2. The molecule has 2 bridgehead atoms. The summed E-state index contributed by atoms with van der Waals surface area (Å²) in [6.07, 6.45) is 13.0. The maximum absolute atomic E-state index is 15.3. The molecule has 468 valence electrons. The Morgan fingerprint density at radius 2 is 1.69 bits per heavy atom. The predicted octanol–water partition coefficient (Wildman–Crippen LogP) is 6.99. The van der Waals surface area contributed by atoms with E-state index in [-0.39, 0.29) is 75.2 Å². The quantitative estimate of drug-likeness (QED) is 0.0446. The molecule has 87 heavy (non-hydrogen) atoms. The number of ether oxygens (including phenoxy) is 1. The van der Waals surface area contributed by atoms with E-state index in [2.05, 4.69) is 52.4 Å². The lowest BCUT2D eigenvalue weighted by Crippen LogP contribution is -2.59. The number of benzene rings is 3. The second kappa shape index (κ2) is 29.4. The predicted molar refractivity (Wildman–Crippen MR) is 341 cm³/mol. The maximum Gasteiger partial charge on any atom is 0.243 e. The largest absolute Gasteiger partial charge is 0.508 e. The van der Waals surface area contributed by atoms with E-state index in [1.807, 2.05) is 74.5 Å². The fourth-order valence-electron chi connectivity index (χ4n) is 15.5. The van der Waals surface area contributed by atoms with Crippen LogP contribution in [-0.2, 0) is 33.6 Å². The number of phenolic OH excluding ortho intramolecular Hbond substituents is 1. The third-order valence-electron chi connectivity index (χ3n) is 20.5. The van der Waals surface area contributed by atoms with Gasteiger partial charge in [0.1, 0.15) is 24.6 Å². The van der Waals surface area contributed by atoms with Crippen molar-refractivity contribution >= 4 is 17.6 Å². The molecule has 0 saturated heterocycles. The van der Waals surface area contributed by atoms with Gasteiger partial charge in [-0.2, -0.15) is 0 Å².